The van der Waals surface area contributed by atoms with E-state index in [1.807, 2.05) is 41.3 Å². The van der Waals surface area contributed by atoms with Crippen molar-refractivity contribution in [2.45, 2.75) is 45.4 Å². The Balaban J connectivity index is 0.00000289. The lowest BCUT2D eigenvalue weighted by Crippen LogP contribution is -2.35. The van der Waals surface area contributed by atoms with Crippen LogP contribution in [0.15, 0.2) is 42.5 Å². The second-order valence-corrected chi connectivity index (χ2v) is 8.20. The summed E-state index contributed by atoms with van der Waals surface area (Å²) in [6.07, 6.45) is 5.43. The normalized spacial score (nSPS) is 15.6. The van der Waals surface area contributed by atoms with Gasteiger partial charge in [0.2, 0.25) is 5.91 Å². The Kier molecular flexibility index (Phi) is 8.53. The molecule has 0 aliphatic carbocycles. The molecule has 2 aliphatic heterocycles. The molecular formula is C25H32ClN3O3. The van der Waals surface area contributed by atoms with Crippen LogP contribution >= 0.6 is 12.4 Å². The molecule has 7 heteroatoms. The highest BCUT2D eigenvalue weighted by molar-refractivity contribution is 6.03. The van der Waals surface area contributed by atoms with Gasteiger partial charge in [0.25, 0.3) is 0 Å². The highest BCUT2D eigenvalue weighted by Crippen LogP contribution is 2.38. The molecule has 0 aromatic heterocycles. The Hall–Kier alpha value is -2.57. The van der Waals surface area contributed by atoms with E-state index in [-0.39, 0.29) is 18.3 Å². The number of para-hydroxylation sites is 1. The number of carbonyl (C=O) groups is 2. The molecule has 1 N–H and O–H groups in total. The maximum Gasteiger partial charge on any atom is 0.411 e. The molecule has 32 heavy (non-hydrogen) atoms. The smallest absolute Gasteiger partial charge is 0.411 e. The molecule has 1 fully saturated rings. The third kappa shape index (κ3) is 5.61. The van der Waals surface area contributed by atoms with Crippen LogP contribution in [0.2, 0.25) is 0 Å². The predicted octanol–water partition coefficient (Wildman–Crippen LogP) is 5.32. The van der Waals surface area contributed by atoms with Gasteiger partial charge in [-0.3, -0.25) is 15.0 Å². The molecule has 0 saturated carbocycles. The average Bonchev–Trinajstić information content (AvgIpc) is 2.95. The Bertz CT molecular complexity index is 944. The molecule has 0 unspecified atom stereocenters. The van der Waals surface area contributed by atoms with Crippen molar-refractivity contribution in [2.24, 2.45) is 0 Å². The van der Waals surface area contributed by atoms with Crippen LogP contribution in [0.3, 0.4) is 0 Å². The molecule has 0 spiro atoms. The molecule has 6 nitrogen and oxygen atoms in total. The number of hydrogen-bond donors (Lipinski definition) is 1. The summed E-state index contributed by atoms with van der Waals surface area (Å²) in [6, 6.07) is 13.9. The van der Waals surface area contributed by atoms with E-state index in [1.165, 1.54) is 24.8 Å². The molecule has 0 radical (unpaired) electrons. The molecule has 2 heterocycles. The number of ether oxygens (including phenoxy) is 1. The summed E-state index contributed by atoms with van der Waals surface area (Å²) in [6.45, 7) is 5.03. The van der Waals surface area contributed by atoms with Crippen molar-refractivity contribution in [3.05, 3.63) is 53.6 Å². The first-order valence-corrected chi connectivity index (χ1v) is 11.4. The van der Waals surface area contributed by atoms with Gasteiger partial charge in [-0.05, 0) is 75.0 Å². The van der Waals surface area contributed by atoms with Gasteiger partial charge >= 0.3 is 6.09 Å². The number of aryl methyl sites for hydroxylation is 2. The van der Waals surface area contributed by atoms with E-state index in [4.69, 9.17) is 4.74 Å². The van der Waals surface area contributed by atoms with Crippen LogP contribution in [0.4, 0.5) is 21.9 Å². The number of hydrogen-bond acceptors (Lipinski definition) is 4. The molecule has 2 aliphatic rings. The van der Waals surface area contributed by atoms with Crippen molar-refractivity contribution in [2.75, 3.05) is 36.5 Å². The summed E-state index contributed by atoms with van der Waals surface area (Å²) in [7, 11) is 0. The quantitative estimate of drug-likeness (QED) is 0.660. The summed E-state index contributed by atoms with van der Waals surface area (Å²) in [4.78, 5) is 29.7. The van der Waals surface area contributed by atoms with E-state index in [2.05, 4.69) is 16.3 Å². The molecule has 172 valence electrons. The van der Waals surface area contributed by atoms with Gasteiger partial charge in [0.1, 0.15) is 0 Å². The van der Waals surface area contributed by atoms with Gasteiger partial charge in [0.05, 0.1) is 18.0 Å². The van der Waals surface area contributed by atoms with Gasteiger partial charge in [-0.1, -0.05) is 30.7 Å². The van der Waals surface area contributed by atoms with Gasteiger partial charge in [-0.2, -0.15) is 0 Å². The average molecular weight is 458 g/mol. The summed E-state index contributed by atoms with van der Waals surface area (Å²) in [5, 5.41) is 2.77. The fraction of sp³-hybridized carbons (Fsp3) is 0.440. The number of likely N-dealkylation sites (tertiary alicyclic amines) is 1. The van der Waals surface area contributed by atoms with Gasteiger partial charge < -0.3 is 9.64 Å². The number of halogens is 1. The van der Waals surface area contributed by atoms with Crippen molar-refractivity contribution in [1.82, 2.24) is 4.90 Å². The second-order valence-electron chi connectivity index (χ2n) is 8.20. The zero-order valence-electron chi connectivity index (χ0n) is 18.6. The SMILES string of the molecule is CCOC(=O)Nc1ccc2c(c1)N(C(=O)CCN1CCCCC1)c1ccccc1CC2.Cl. The van der Waals surface area contributed by atoms with Gasteiger partial charge in [0.15, 0.2) is 0 Å². The maximum absolute atomic E-state index is 13.5. The number of carbonyl (C=O) groups excluding carboxylic acids is 2. The minimum absolute atomic E-state index is 0. The Morgan fingerprint density at radius 3 is 2.44 bits per heavy atom. The van der Waals surface area contributed by atoms with Crippen molar-refractivity contribution < 1.29 is 14.3 Å². The third-order valence-electron chi connectivity index (χ3n) is 6.08. The number of nitrogens with one attached hydrogen (secondary N) is 1. The van der Waals surface area contributed by atoms with Crippen molar-refractivity contribution in [3.8, 4) is 0 Å². The highest BCUT2D eigenvalue weighted by Gasteiger charge is 2.26. The molecule has 2 amide bonds. The molecule has 0 atom stereocenters. The Labute approximate surface area is 196 Å². The summed E-state index contributed by atoms with van der Waals surface area (Å²) >= 11 is 0. The van der Waals surface area contributed by atoms with Crippen molar-refractivity contribution in [1.29, 1.82) is 0 Å². The van der Waals surface area contributed by atoms with Crippen molar-refractivity contribution >= 4 is 41.5 Å². The van der Waals surface area contributed by atoms with Crippen LogP contribution in [0.1, 0.15) is 43.7 Å². The highest BCUT2D eigenvalue weighted by atomic mass is 35.5. The van der Waals surface area contributed by atoms with Crippen molar-refractivity contribution in [3.63, 3.8) is 0 Å². The fourth-order valence-corrected chi connectivity index (χ4v) is 4.50. The Morgan fingerprint density at radius 1 is 0.969 bits per heavy atom. The molecule has 4 rings (SSSR count). The van der Waals surface area contributed by atoms with E-state index in [0.29, 0.717) is 18.7 Å². The second kappa shape index (κ2) is 11.3. The molecular weight excluding hydrogens is 426 g/mol. The zero-order valence-corrected chi connectivity index (χ0v) is 19.5. The predicted molar refractivity (Wildman–Crippen MR) is 130 cm³/mol. The lowest BCUT2D eigenvalue weighted by atomic mass is 10.0. The van der Waals surface area contributed by atoms with Crippen LogP contribution in [0, 0.1) is 0 Å². The minimum atomic E-state index is -0.487. The first-order valence-electron chi connectivity index (χ1n) is 11.4. The van der Waals surface area contributed by atoms with E-state index >= 15 is 0 Å². The number of anilines is 3. The molecule has 1 saturated heterocycles. The maximum atomic E-state index is 13.5. The topological polar surface area (TPSA) is 61.9 Å². The molecule has 0 bridgehead atoms. The first-order chi connectivity index (χ1) is 15.2. The summed E-state index contributed by atoms with van der Waals surface area (Å²) in [5.41, 5.74) is 4.70. The lowest BCUT2D eigenvalue weighted by Gasteiger charge is -2.29. The summed E-state index contributed by atoms with van der Waals surface area (Å²) in [5.74, 6) is 0.0921. The van der Waals surface area contributed by atoms with Gasteiger partial charge in [0, 0.05) is 18.7 Å². The minimum Gasteiger partial charge on any atom is -0.450 e. The van der Waals surface area contributed by atoms with E-state index in [1.54, 1.807) is 6.92 Å². The Morgan fingerprint density at radius 2 is 1.69 bits per heavy atom. The van der Waals surface area contributed by atoms with Crippen LogP contribution in [0.5, 0.6) is 0 Å². The van der Waals surface area contributed by atoms with Crippen LogP contribution in [-0.4, -0.2) is 43.1 Å². The lowest BCUT2D eigenvalue weighted by molar-refractivity contribution is -0.118. The van der Waals surface area contributed by atoms with E-state index in [9.17, 15) is 9.59 Å². The number of nitrogens with zero attached hydrogens (tertiary/aromatic N) is 2. The number of rotatable bonds is 5. The standard InChI is InChI=1S/C25H31N3O3.ClH/c1-2-31-25(30)26-21-13-12-20-11-10-19-8-4-5-9-22(19)28(23(20)18-21)24(29)14-17-27-15-6-3-7-16-27;/h4-5,8-9,12-13,18H,2-3,6-7,10-11,14-17H2,1H3,(H,26,30);1H. The largest absolute Gasteiger partial charge is 0.450 e. The van der Waals surface area contributed by atoms with Crippen LogP contribution in [-0.2, 0) is 22.4 Å². The van der Waals surface area contributed by atoms with Crippen LogP contribution in [0.25, 0.3) is 0 Å². The fourth-order valence-electron chi connectivity index (χ4n) is 4.50. The first kappa shape index (κ1) is 24.1. The van der Waals surface area contributed by atoms with Gasteiger partial charge in [-0.15, -0.1) is 12.4 Å². The summed E-state index contributed by atoms with van der Waals surface area (Å²) < 4.78 is 5.01. The molecule has 2 aromatic rings. The third-order valence-corrected chi connectivity index (χ3v) is 6.08. The number of piperidine rings is 1. The van der Waals surface area contributed by atoms with E-state index < -0.39 is 6.09 Å². The van der Waals surface area contributed by atoms with Gasteiger partial charge in [-0.25, -0.2) is 4.79 Å². The number of benzene rings is 2. The number of amides is 2. The van der Waals surface area contributed by atoms with Crippen LogP contribution < -0.4 is 10.2 Å². The monoisotopic (exact) mass is 457 g/mol. The zero-order chi connectivity index (χ0) is 21.6. The number of fused-ring (bicyclic) bond motifs is 2. The van der Waals surface area contributed by atoms with E-state index in [0.717, 1.165) is 49.4 Å². The molecule has 2 aromatic carbocycles.